The highest BCUT2D eigenvalue weighted by atomic mass is 16.2. The average molecular weight is 222 g/mol. The van der Waals surface area contributed by atoms with Crippen LogP contribution >= 0.6 is 0 Å². The number of imide groups is 1. The van der Waals surface area contributed by atoms with Gasteiger partial charge < -0.3 is 10.3 Å². The molecule has 1 atom stereocenters. The highest BCUT2D eigenvalue weighted by Crippen LogP contribution is 2.09. The second kappa shape index (κ2) is 4.13. The number of nitrogens with zero attached hydrogens (tertiary/aromatic N) is 1. The Kier molecular flexibility index (Phi) is 2.67. The van der Waals surface area contributed by atoms with Gasteiger partial charge in [-0.2, -0.15) is 0 Å². The second-order valence-corrected chi connectivity index (χ2v) is 3.44. The molecule has 0 bridgehead atoms. The van der Waals surface area contributed by atoms with Crippen molar-refractivity contribution in [2.75, 3.05) is 5.32 Å². The molecule has 84 valence electrons. The van der Waals surface area contributed by atoms with Crippen LogP contribution in [0.5, 0.6) is 0 Å². The van der Waals surface area contributed by atoms with Crippen LogP contribution < -0.4 is 16.2 Å². The Morgan fingerprint density at radius 3 is 2.88 bits per heavy atom. The lowest BCUT2D eigenvalue weighted by molar-refractivity contribution is -0.133. The van der Waals surface area contributed by atoms with Crippen molar-refractivity contribution in [2.45, 2.75) is 18.9 Å². The maximum atomic E-state index is 11.4. The van der Waals surface area contributed by atoms with Gasteiger partial charge in [0.25, 0.3) is 5.56 Å². The van der Waals surface area contributed by atoms with Crippen LogP contribution in [-0.4, -0.2) is 27.8 Å². The SMILES string of the molecule is O=C1CCC(Nc2cc(=O)[nH]cn2)C(=O)N1. The molecule has 1 aromatic heterocycles. The number of anilines is 1. The van der Waals surface area contributed by atoms with Crippen LogP contribution in [0.4, 0.5) is 5.82 Å². The van der Waals surface area contributed by atoms with E-state index < -0.39 is 11.9 Å². The Hall–Kier alpha value is -2.18. The van der Waals surface area contributed by atoms with Gasteiger partial charge in [0, 0.05) is 12.5 Å². The number of carbonyl (C=O) groups excluding carboxylic acids is 2. The zero-order chi connectivity index (χ0) is 11.5. The van der Waals surface area contributed by atoms with Gasteiger partial charge >= 0.3 is 0 Å². The standard InChI is InChI=1S/C9H10N4O3/c14-7-2-1-5(9(16)13-7)12-6-3-8(15)11-4-10-6/h3-5H,1-2H2,(H,13,14,16)(H2,10,11,12,15). The number of hydrogen-bond donors (Lipinski definition) is 3. The molecule has 7 heteroatoms. The van der Waals surface area contributed by atoms with Gasteiger partial charge in [0.2, 0.25) is 11.8 Å². The molecular weight excluding hydrogens is 212 g/mol. The van der Waals surface area contributed by atoms with E-state index in [0.717, 1.165) is 0 Å². The fourth-order valence-corrected chi connectivity index (χ4v) is 1.46. The van der Waals surface area contributed by atoms with E-state index in [1.165, 1.54) is 12.4 Å². The van der Waals surface area contributed by atoms with Crippen molar-refractivity contribution in [3.63, 3.8) is 0 Å². The highest BCUT2D eigenvalue weighted by molar-refractivity contribution is 6.01. The van der Waals surface area contributed by atoms with Gasteiger partial charge in [0.15, 0.2) is 0 Å². The third-order valence-corrected chi connectivity index (χ3v) is 2.24. The molecule has 1 aliphatic heterocycles. The molecule has 1 aliphatic rings. The molecule has 2 rings (SSSR count). The largest absolute Gasteiger partial charge is 0.358 e. The van der Waals surface area contributed by atoms with E-state index in [9.17, 15) is 14.4 Å². The van der Waals surface area contributed by atoms with Gasteiger partial charge in [0.1, 0.15) is 11.9 Å². The third-order valence-electron chi connectivity index (χ3n) is 2.24. The number of H-pyrrole nitrogens is 1. The molecule has 0 radical (unpaired) electrons. The first-order chi connectivity index (χ1) is 7.65. The predicted octanol–water partition coefficient (Wildman–Crippen LogP) is -1.01. The van der Waals surface area contributed by atoms with Crippen molar-refractivity contribution in [2.24, 2.45) is 0 Å². The van der Waals surface area contributed by atoms with Gasteiger partial charge in [-0.15, -0.1) is 0 Å². The minimum Gasteiger partial charge on any atom is -0.358 e. The molecule has 1 unspecified atom stereocenters. The smallest absolute Gasteiger partial charge is 0.252 e. The Balaban J connectivity index is 2.07. The number of amides is 2. The maximum absolute atomic E-state index is 11.4. The van der Waals surface area contributed by atoms with Crippen molar-refractivity contribution in [1.82, 2.24) is 15.3 Å². The topological polar surface area (TPSA) is 104 Å². The number of nitrogens with one attached hydrogen (secondary N) is 3. The summed E-state index contributed by atoms with van der Waals surface area (Å²) in [5.74, 6) is -0.349. The lowest BCUT2D eigenvalue weighted by atomic mass is 10.1. The van der Waals surface area contributed by atoms with E-state index in [-0.39, 0.29) is 17.9 Å². The lowest BCUT2D eigenvalue weighted by Crippen LogP contribution is -2.47. The monoisotopic (exact) mass is 222 g/mol. The number of carbonyl (C=O) groups is 2. The van der Waals surface area contributed by atoms with Crippen LogP contribution in [0.25, 0.3) is 0 Å². The summed E-state index contributed by atoms with van der Waals surface area (Å²) >= 11 is 0. The van der Waals surface area contributed by atoms with E-state index in [2.05, 4.69) is 20.6 Å². The summed E-state index contributed by atoms with van der Waals surface area (Å²) in [6, 6.07) is 0.732. The minimum atomic E-state index is -0.521. The van der Waals surface area contributed by atoms with Gasteiger partial charge in [-0.1, -0.05) is 0 Å². The number of hydrogen-bond acceptors (Lipinski definition) is 5. The summed E-state index contributed by atoms with van der Waals surface area (Å²) in [4.78, 5) is 39.5. The second-order valence-electron chi connectivity index (χ2n) is 3.44. The summed E-state index contributed by atoms with van der Waals surface area (Å²) in [6.07, 6.45) is 1.93. The fourth-order valence-electron chi connectivity index (χ4n) is 1.46. The molecule has 0 aromatic carbocycles. The van der Waals surface area contributed by atoms with Gasteiger partial charge in [-0.25, -0.2) is 4.98 Å². The van der Waals surface area contributed by atoms with Crippen molar-refractivity contribution in [3.8, 4) is 0 Å². The first-order valence-electron chi connectivity index (χ1n) is 4.80. The zero-order valence-corrected chi connectivity index (χ0v) is 8.32. The molecular formula is C9H10N4O3. The van der Waals surface area contributed by atoms with E-state index in [4.69, 9.17) is 0 Å². The molecule has 0 aliphatic carbocycles. The summed E-state index contributed by atoms with van der Waals surface area (Å²) < 4.78 is 0. The van der Waals surface area contributed by atoms with E-state index in [0.29, 0.717) is 12.2 Å². The predicted molar refractivity (Wildman–Crippen MR) is 54.7 cm³/mol. The summed E-state index contributed by atoms with van der Waals surface area (Å²) in [5, 5.41) is 5.01. The molecule has 2 amide bonds. The Morgan fingerprint density at radius 2 is 2.19 bits per heavy atom. The molecule has 1 aromatic rings. The Labute approximate surface area is 90.3 Å². The van der Waals surface area contributed by atoms with Gasteiger partial charge in [0.05, 0.1) is 6.33 Å². The van der Waals surface area contributed by atoms with Crippen LogP contribution in [0.3, 0.4) is 0 Å². The third kappa shape index (κ3) is 2.25. The molecule has 1 saturated heterocycles. The van der Waals surface area contributed by atoms with E-state index in [1.54, 1.807) is 0 Å². The molecule has 1 fully saturated rings. The number of rotatable bonds is 2. The molecule has 7 nitrogen and oxygen atoms in total. The Bertz CT molecular complexity index is 482. The van der Waals surface area contributed by atoms with E-state index in [1.807, 2.05) is 0 Å². The summed E-state index contributed by atoms with van der Waals surface area (Å²) in [7, 11) is 0. The van der Waals surface area contributed by atoms with Crippen LogP contribution in [0.15, 0.2) is 17.2 Å². The quantitative estimate of drug-likeness (QED) is 0.556. The van der Waals surface area contributed by atoms with Crippen molar-refractivity contribution >= 4 is 17.6 Å². The van der Waals surface area contributed by atoms with Crippen LogP contribution in [0.1, 0.15) is 12.8 Å². The van der Waals surface area contributed by atoms with Crippen LogP contribution in [-0.2, 0) is 9.59 Å². The first kappa shape index (κ1) is 10.3. The number of aromatic nitrogens is 2. The molecule has 0 saturated carbocycles. The van der Waals surface area contributed by atoms with Crippen LogP contribution in [0.2, 0.25) is 0 Å². The van der Waals surface area contributed by atoms with Crippen molar-refractivity contribution in [1.29, 1.82) is 0 Å². The normalized spacial score (nSPS) is 20.4. The zero-order valence-electron chi connectivity index (χ0n) is 8.32. The summed E-state index contributed by atoms with van der Waals surface area (Å²) in [5.41, 5.74) is -0.301. The highest BCUT2D eigenvalue weighted by Gasteiger charge is 2.26. The van der Waals surface area contributed by atoms with E-state index >= 15 is 0 Å². The van der Waals surface area contributed by atoms with Crippen LogP contribution in [0, 0.1) is 0 Å². The maximum Gasteiger partial charge on any atom is 0.252 e. The Morgan fingerprint density at radius 1 is 1.38 bits per heavy atom. The lowest BCUT2D eigenvalue weighted by Gasteiger charge is -2.21. The van der Waals surface area contributed by atoms with Gasteiger partial charge in [-0.05, 0) is 6.42 Å². The molecule has 16 heavy (non-hydrogen) atoms. The average Bonchev–Trinajstić information content (AvgIpc) is 2.22. The van der Waals surface area contributed by atoms with Gasteiger partial charge in [-0.3, -0.25) is 19.7 Å². The van der Waals surface area contributed by atoms with Crippen molar-refractivity contribution < 1.29 is 9.59 Å². The molecule has 3 N–H and O–H groups in total. The number of aromatic amines is 1. The first-order valence-corrected chi connectivity index (χ1v) is 4.80. The fraction of sp³-hybridized carbons (Fsp3) is 0.333. The minimum absolute atomic E-state index is 0.276. The molecule has 0 spiro atoms. The number of piperidine rings is 1. The van der Waals surface area contributed by atoms with Crippen molar-refractivity contribution in [3.05, 3.63) is 22.7 Å². The molecule has 2 heterocycles. The summed E-state index contributed by atoms with van der Waals surface area (Å²) in [6.45, 7) is 0.